The van der Waals surface area contributed by atoms with Gasteiger partial charge in [-0.05, 0) is 0 Å². The molecule has 7 heteroatoms. The third-order valence-corrected chi connectivity index (χ3v) is 6.48. The molecular weight excluding hydrogens is 283 g/mol. The van der Waals surface area contributed by atoms with Crippen LogP contribution in [-0.2, 0) is 12.8 Å². The maximum absolute atomic E-state index is 11.3. The van der Waals surface area contributed by atoms with Gasteiger partial charge in [-0.15, -0.1) is 0 Å². The first-order valence-corrected chi connectivity index (χ1v) is 7.15. The minimum absolute atomic E-state index is 0.0328. The van der Waals surface area contributed by atoms with Crippen LogP contribution in [0, 0.1) is 0 Å². The average molecular weight is 295 g/mol. The summed E-state index contributed by atoms with van der Waals surface area (Å²) < 4.78 is -0.0376. The topological polar surface area (TPSA) is 112 Å². The van der Waals surface area contributed by atoms with Crippen molar-refractivity contribution < 1.29 is 42.5 Å². The Labute approximate surface area is 105 Å². The molecule has 0 amide bonds. The first kappa shape index (κ1) is 14.2. The second-order valence-electron chi connectivity index (χ2n) is 3.44. The van der Waals surface area contributed by atoms with E-state index < -0.39 is 27.4 Å². The summed E-state index contributed by atoms with van der Waals surface area (Å²) in [4.78, 5) is 28.5. The van der Waals surface area contributed by atoms with Gasteiger partial charge in [0.05, 0.1) is 0 Å². The van der Waals surface area contributed by atoms with Crippen LogP contribution in [0.3, 0.4) is 0 Å². The van der Waals surface area contributed by atoms with Gasteiger partial charge in [0.25, 0.3) is 0 Å². The zero-order valence-corrected chi connectivity index (χ0v) is 10.7. The van der Waals surface area contributed by atoms with Gasteiger partial charge >= 0.3 is 105 Å². The van der Waals surface area contributed by atoms with Crippen LogP contribution in [-0.4, -0.2) is 29.9 Å². The number of rotatable bonds is 5. The van der Waals surface area contributed by atoms with E-state index >= 15 is 0 Å². The quantitative estimate of drug-likeness (QED) is 0.672. The SMILES string of the molecule is C=CC1=[C]([Mn]([C](=O)O)([C](=O)O)[C](=O)O)CC=C1C. The molecule has 0 unspecified atom stereocenters. The van der Waals surface area contributed by atoms with E-state index in [0.717, 1.165) is 0 Å². The van der Waals surface area contributed by atoms with Gasteiger partial charge in [-0.1, -0.05) is 0 Å². The van der Waals surface area contributed by atoms with Crippen LogP contribution in [0.15, 0.2) is 34.3 Å². The Morgan fingerprint density at radius 3 is 2.00 bits per heavy atom. The number of hydrogen-bond donors (Lipinski definition) is 3. The van der Waals surface area contributed by atoms with E-state index in [9.17, 15) is 14.4 Å². The maximum atomic E-state index is 11.3. The summed E-state index contributed by atoms with van der Waals surface area (Å²) in [6, 6.07) is 0. The molecule has 0 radical (unpaired) electrons. The van der Waals surface area contributed by atoms with Crippen LogP contribution in [0.1, 0.15) is 13.3 Å². The molecule has 0 atom stereocenters. The van der Waals surface area contributed by atoms with E-state index in [1.165, 1.54) is 6.08 Å². The first-order chi connectivity index (χ1) is 8.29. The predicted octanol–water partition coefficient (Wildman–Crippen LogP) is 2.96. The Morgan fingerprint density at radius 2 is 1.67 bits per heavy atom. The zero-order chi connectivity index (χ0) is 14.1. The van der Waals surface area contributed by atoms with Crippen molar-refractivity contribution in [1.82, 2.24) is 0 Å². The van der Waals surface area contributed by atoms with Crippen molar-refractivity contribution in [1.29, 1.82) is 0 Å². The third-order valence-electron chi connectivity index (χ3n) is 2.58. The standard InChI is InChI=1S/C8H9.3CHO2.Mn/c1-3-8-6-4-5-7(8)2;3*2-1-3;/h3,5H,1,4H2,2H3;3*(H,2,3);. The van der Waals surface area contributed by atoms with Crippen molar-refractivity contribution in [3.63, 3.8) is 0 Å². The molecule has 0 aromatic rings. The van der Waals surface area contributed by atoms with Crippen molar-refractivity contribution in [3.8, 4) is 0 Å². The second-order valence-corrected chi connectivity index (χ2v) is 7.44. The molecule has 3 N–H and O–H groups in total. The van der Waals surface area contributed by atoms with Gasteiger partial charge in [0, 0.05) is 0 Å². The Kier molecular flexibility index (Phi) is 3.79. The minimum atomic E-state index is -4.74. The predicted molar refractivity (Wildman–Crippen MR) is 59.7 cm³/mol. The van der Waals surface area contributed by atoms with Gasteiger partial charge < -0.3 is 0 Å². The van der Waals surface area contributed by atoms with E-state index in [2.05, 4.69) is 6.58 Å². The van der Waals surface area contributed by atoms with Crippen molar-refractivity contribution in [2.45, 2.75) is 13.3 Å². The number of carbonyl (C=O) groups is 3. The van der Waals surface area contributed by atoms with Crippen LogP contribution in [0.5, 0.6) is 0 Å². The van der Waals surface area contributed by atoms with E-state index in [1.54, 1.807) is 13.0 Å². The Hall–Kier alpha value is -1.85. The van der Waals surface area contributed by atoms with E-state index in [1.807, 2.05) is 0 Å². The van der Waals surface area contributed by atoms with Gasteiger partial charge in [0.1, 0.15) is 0 Å². The van der Waals surface area contributed by atoms with Gasteiger partial charge in [-0.3, -0.25) is 0 Å². The Balaban J connectivity index is 3.62. The molecule has 0 spiro atoms. The van der Waals surface area contributed by atoms with Gasteiger partial charge in [0.2, 0.25) is 0 Å². The van der Waals surface area contributed by atoms with Crippen molar-refractivity contribution in [2.24, 2.45) is 0 Å². The van der Waals surface area contributed by atoms with Crippen LogP contribution >= 0.6 is 0 Å². The molecule has 0 aromatic carbocycles. The normalized spacial score (nSPS) is 16.2. The van der Waals surface area contributed by atoms with Crippen molar-refractivity contribution in [2.75, 3.05) is 0 Å². The summed E-state index contributed by atoms with van der Waals surface area (Å²) >= 11 is -4.74. The molecule has 1 aliphatic carbocycles. The number of hydrogen-bond acceptors (Lipinski definition) is 3. The fourth-order valence-corrected chi connectivity index (χ4v) is 4.59. The van der Waals surface area contributed by atoms with Crippen LogP contribution < -0.4 is 0 Å². The second kappa shape index (κ2) is 4.80. The summed E-state index contributed by atoms with van der Waals surface area (Å²) in [5.74, 6) is 0. The van der Waals surface area contributed by atoms with Crippen LogP contribution in [0.2, 0.25) is 0 Å². The van der Waals surface area contributed by atoms with Crippen molar-refractivity contribution >= 4 is 14.6 Å². The van der Waals surface area contributed by atoms with E-state index in [4.69, 9.17) is 15.3 Å². The molecule has 0 bridgehead atoms. The average Bonchev–Trinajstić information content (AvgIpc) is 2.59. The molecule has 99 valence electrons. The van der Waals surface area contributed by atoms with E-state index in [-0.39, 0.29) is 10.9 Å². The fraction of sp³-hybridized carbons (Fsp3) is 0.182. The molecule has 0 aromatic heterocycles. The zero-order valence-electron chi connectivity index (χ0n) is 9.51. The monoisotopic (exact) mass is 295 g/mol. The molecule has 1 aliphatic rings. The number of carboxylic acid groups (broad SMARTS) is 3. The van der Waals surface area contributed by atoms with Gasteiger partial charge in [0.15, 0.2) is 0 Å². The third kappa shape index (κ3) is 1.77. The molecule has 0 saturated heterocycles. The molecule has 0 fully saturated rings. The van der Waals surface area contributed by atoms with Gasteiger partial charge in [-0.2, -0.15) is 0 Å². The fourth-order valence-electron chi connectivity index (χ4n) is 1.72. The van der Waals surface area contributed by atoms with E-state index in [0.29, 0.717) is 11.1 Å². The Morgan fingerprint density at radius 1 is 1.22 bits per heavy atom. The molecule has 0 saturated carbocycles. The van der Waals surface area contributed by atoms with Crippen LogP contribution in [0.4, 0.5) is 14.4 Å². The Bertz CT molecular complexity index is 478. The van der Waals surface area contributed by atoms with Crippen molar-refractivity contribution in [3.05, 3.63) is 34.3 Å². The summed E-state index contributed by atoms with van der Waals surface area (Å²) in [7, 11) is 0. The first-order valence-electron chi connectivity index (χ1n) is 4.79. The summed E-state index contributed by atoms with van der Waals surface area (Å²) in [5.41, 5.74) is 0.982. The summed E-state index contributed by atoms with van der Waals surface area (Å²) in [6.07, 6.45) is 2.96. The molecular formula is C11H12MnO6. The molecule has 0 heterocycles. The van der Waals surface area contributed by atoms with Crippen LogP contribution in [0.25, 0.3) is 0 Å². The molecule has 6 nitrogen and oxygen atoms in total. The van der Waals surface area contributed by atoms with Gasteiger partial charge in [-0.25, -0.2) is 0 Å². The molecule has 0 aliphatic heterocycles. The summed E-state index contributed by atoms with van der Waals surface area (Å²) in [6.45, 7) is 5.14. The molecule has 18 heavy (non-hydrogen) atoms. The molecule has 1 rings (SSSR count). The number of allylic oxidation sites excluding steroid dienone is 5. The summed E-state index contributed by atoms with van der Waals surface area (Å²) in [5, 5.41) is 27.4.